The molecule has 0 N–H and O–H groups in total. The predicted octanol–water partition coefficient (Wildman–Crippen LogP) is 3.89. The summed E-state index contributed by atoms with van der Waals surface area (Å²) in [5.74, 6) is 0.812. The van der Waals surface area contributed by atoms with Crippen LogP contribution in [0.3, 0.4) is 0 Å². The van der Waals surface area contributed by atoms with Crippen LogP contribution < -0.4 is 4.74 Å². The molecule has 0 bridgehead atoms. The highest BCUT2D eigenvalue weighted by molar-refractivity contribution is 7.18. The van der Waals surface area contributed by atoms with Gasteiger partial charge in [-0.15, -0.1) is 11.3 Å². The van der Waals surface area contributed by atoms with E-state index in [2.05, 4.69) is 6.07 Å². The molecule has 0 saturated carbocycles. The van der Waals surface area contributed by atoms with Crippen LogP contribution in [-0.2, 0) is 4.79 Å². The number of hydrogen-bond donors (Lipinski definition) is 0. The summed E-state index contributed by atoms with van der Waals surface area (Å²) in [6.07, 6.45) is 2.57. The first-order chi connectivity index (χ1) is 13.2. The number of piperidine rings is 1. The van der Waals surface area contributed by atoms with E-state index in [9.17, 15) is 9.59 Å². The second-order valence-corrected chi connectivity index (χ2v) is 7.68. The minimum absolute atomic E-state index is 0.0431. The van der Waals surface area contributed by atoms with Crippen LogP contribution in [-0.4, -0.2) is 41.8 Å². The number of fused-ring (bicyclic) bond motifs is 1. The van der Waals surface area contributed by atoms with E-state index in [1.807, 2.05) is 23.1 Å². The third-order valence-corrected chi connectivity index (χ3v) is 6.10. The average molecular weight is 380 g/mol. The fourth-order valence-corrected chi connectivity index (χ4v) is 4.52. The molecule has 27 heavy (non-hydrogen) atoms. The molecule has 0 aliphatic carbocycles. The summed E-state index contributed by atoms with van der Waals surface area (Å²) >= 11 is 1.75. The average Bonchev–Trinajstić information content (AvgIpc) is 3.16. The van der Waals surface area contributed by atoms with Crippen molar-refractivity contribution < 1.29 is 14.3 Å². The number of para-hydroxylation sites is 2. The summed E-state index contributed by atoms with van der Waals surface area (Å²) in [5.41, 5.74) is 1.51. The minimum Gasteiger partial charge on any atom is -0.483 e. The lowest BCUT2D eigenvalue weighted by Crippen LogP contribution is -2.40. The maximum absolute atomic E-state index is 12.5. The largest absolute Gasteiger partial charge is 0.483 e. The Balaban J connectivity index is 1.33. The third kappa shape index (κ3) is 3.85. The van der Waals surface area contributed by atoms with Gasteiger partial charge in [0.15, 0.2) is 12.9 Å². The first-order valence-electron chi connectivity index (χ1n) is 9.05. The molecule has 2 aromatic carbocycles. The molecule has 1 saturated heterocycles. The molecule has 0 unspecified atom stereocenters. The summed E-state index contributed by atoms with van der Waals surface area (Å²) in [6, 6.07) is 15.1. The fraction of sp³-hybridized carbons (Fsp3) is 0.286. The molecule has 5 nitrogen and oxygen atoms in total. The summed E-state index contributed by atoms with van der Waals surface area (Å²) in [6.45, 7) is 1.37. The molecule has 6 heteroatoms. The van der Waals surface area contributed by atoms with E-state index in [1.54, 1.807) is 35.6 Å². The Kier molecular flexibility index (Phi) is 5.16. The molecule has 0 atom stereocenters. The number of aromatic nitrogens is 1. The molecule has 138 valence electrons. The lowest BCUT2D eigenvalue weighted by Gasteiger charge is -2.31. The van der Waals surface area contributed by atoms with E-state index in [0.29, 0.717) is 30.3 Å². The Morgan fingerprint density at radius 1 is 1.15 bits per heavy atom. The monoisotopic (exact) mass is 380 g/mol. The maximum atomic E-state index is 12.5. The van der Waals surface area contributed by atoms with Crippen molar-refractivity contribution in [3.05, 3.63) is 59.1 Å². The summed E-state index contributed by atoms with van der Waals surface area (Å²) in [7, 11) is 0. The number of likely N-dealkylation sites (tertiary alicyclic amines) is 1. The van der Waals surface area contributed by atoms with Gasteiger partial charge in [0.2, 0.25) is 0 Å². The zero-order valence-electron chi connectivity index (χ0n) is 14.8. The van der Waals surface area contributed by atoms with Crippen LogP contribution in [0.1, 0.15) is 34.1 Å². The third-order valence-electron chi connectivity index (χ3n) is 4.90. The lowest BCUT2D eigenvalue weighted by atomic mass is 9.97. The zero-order chi connectivity index (χ0) is 18.6. The van der Waals surface area contributed by atoms with Crippen molar-refractivity contribution in [3.63, 3.8) is 0 Å². The van der Waals surface area contributed by atoms with Crippen molar-refractivity contribution >= 4 is 33.7 Å². The van der Waals surface area contributed by atoms with Crippen LogP contribution in [0, 0.1) is 0 Å². The number of aldehydes is 1. The van der Waals surface area contributed by atoms with Gasteiger partial charge >= 0.3 is 0 Å². The van der Waals surface area contributed by atoms with E-state index in [4.69, 9.17) is 9.72 Å². The predicted molar refractivity (Wildman–Crippen MR) is 105 cm³/mol. The van der Waals surface area contributed by atoms with E-state index >= 15 is 0 Å². The molecule has 3 aromatic rings. The molecule has 0 radical (unpaired) electrons. The number of ether oxygens (including phenoxy) is 1. The number of hydrogen-bond acceptors (Lipinski definition) is 5. The Morgan fingerprint density at radius 2 is 1.89 bits per heavy atom. The first kappa shape index (κ1) is 17.7. The molecular weight excluding hydrogens is 360 g/mol. The van der Waals surface area contributed by atoms with Gasteiger partial charge in [-0.1, -0.05) is 24.3 Å². The Labute approximate surface area is 161 Å². The number of rotatable bonds is 5. The van der Waals surface area contributed by atoms with Gasteiger partial charge in [0.05, 0.1) is 20.8 Å². The first-order valence-corrected chi connectivity index (χ1v) is 9.86. The second kappa shape index (κ2) is 7.88. The highest BCUT2D eigenvalue weighted by Crippen LogP contribution is 2.33. The normalized spacial score (nSPS) is 15.0. The molecule has 1 aliphatic rings. The van der Waals surface area contributed by atoms with Crippen LogP contribution in [0.25, 0.3) is 10.2 Å². The number of amides is 1. The van der Waals surface area contributed by atoms with Gasteiger partial charge < -0.3 is 9.64 Å². The summed E-state index contributed by atoms with van der Waals surface area (Å²) < 4.78 is 6.78. The Bertz CT molecular complexity index is 928. The van der Waals surface area contributed by atoms with Gasteiger partial charge in [0.1, 0.15) is 5.75 Å². The van der Waals surface area contributed by atoms with E-state index in [-0.39, 0.29) is 12.5 Å². The smallest absolute Gasteiger partial charge is 0.260 e. The fourth-order valence-electron chi connectivity index (χ4n) is 3.38. The van der Waals surface area contributed by atoms with E-state index in [1.165, 1.54) is 9.71 Å². The molecular formula is C21H20N2O3S. The maximum Gasteiger partial charge on any atom is 0.260 e. The quantitative estimate of drug-likeness (QED) is 0.630. The molecule has 1 fully saturated rings. The van der Waals surface area contributed by atoms with E-state index in [0.717, 1.165) is 24.6 Å². The van der Waals surface area contributed by atoms with Crippen LogP contribution in [0.15, 0.2) is 48.5 Å². The molecule has 4 rings (SSSR count). The lowest BCUT2D eigenvalue weighted by molar-refractivity contribution is -0.134. The second-order valence-electron chi connectivity index (χ2n) is 6.62. The minimum atomic E-state index is -0.0450. The van der Waals surface area contributed by atoms with Crippen LogP contribution in [0.4, 0.5) is 0 Å². The number of carbonyl (C=O) groups excluding carboxylic acids is 2. The summed E-state index contributed by atoms with van der Waals surface area (Å²) in [4.78, 5) is 30.1. The Morgan fingerprint density at radius 3 is 2.67 bits per heavy atom. The molecule has 0 spiro atoms. The van der Waals surface area contributed by atoms with Gasteiger partial charge in [0.25, 0.3) is 5.91 Å². The van der Waals surface area contributed by atoms with Crippen molar-refractivity contribution in [2.24, 2.45) is 0 Å². The van der Waals surface area contributed by atoms with E-state index < -0.39 is 0 Å². The topological polar surface area (TPSA) is 59.5 Å². The van der Waals surface area contributed by atoms with Crippen molar-refractivity contribution in [2.45, 2.75) is 18.8 Å². The zero-order valence-corrected chi connectivity index (χ0v) is 15.7. The molecule has 1 aromatic heterocycles. The molecule has 1 amide bonds. The van der Waals surface area contributed by atoms with Crippen molar-refractivity contribution in [2.75, 3.05) is 19.7 Å². The Hall–Kier alpha value is -2.73. The van der Waals surface area contributed by atoms with Gasteiger partial charge in [0, 0.05) is 19.0 Å². The number of thiazole rings is 1. The van der Waals surface area contributed by atoms with Crippen LogP contribution in [0.5, 0.6) is 5.75 Å². The SMILES string of the molecule is O=Cc1ccccc1OCC(=O)N1CCC(c2nc3ccccc3s2)CC1. The summed E-state index contributed by atoms with van der Waals surface area (Å²) in [5, 5.41) is 1.17. The highest BCUT2D eigenvalue weighted by atomic mass is 32.1. The van der Waals surface area contributed by atoms with Crippen molar-refractivity contribution in [1.82, 2.24) is 9.88 Å². The number of carbonyl (C=O) groups is 2. The van der Waals surface area contributed by atoms with Crippen LogP contribution in [0.2, 0.25) is 0 Å². The highest BCUT2D eigenvalue weighted by Gasteiger charge is 2.26. The van der Waals surface area contributed by atoms with Gasteiger partial charge in [-0.25, -0.2) is 4.98 Å². The van der Waals surface area contributed by atoms with Gasteiger partial charge in [-0.3, -0.25) is 9.59 Å². The van der Waals surface area contributed by atoms with Crippen LogP contribution >= 0.6 is 11.3 Å². The van der Waals surface area contributed by atoms with Crippen molar-refractivity contribution in [3.8, 4) is 5.75 Å². The van der Waals surface area contributed by atoms with Gasteiger partial charge in [-0.05, 0) is 37.1 Å². The number of nitrogens with zero attached hydrogens (tertiary/aromatic N) is 2. The molecule has 1 aliphatic heterocycles. The van der Waals surface area contributed by atoms with Gasteiger partial charge in [-0.2, -0.15) is 0 Å². The van der Waals surface area contributed by atoms with Crippen molar-refractivity contribution in [1.29, 1.82) is 0 Å². The standard InChI is InChI=1S/C21H20N2O3S/c24-13-16-5-1-3-7-18(16)26-14-20(25)23-11-9-15(10-12-23)21-22-17-6-2-4-8-19(17)27-21/h1-8,13,15H,9-12,14H2. The molecule has 2 heterocycles. The number of benzene rings is 2.